The van der Waals surface area contributed by atoms with Crippen LogP contribution in [-0.4, -0.2) is 54.3 Å². The van der Waals surface area contributed by atoms with E-state index in [0.29, 0.717) is 36.8 Å². The summed E-state index contributed by atoms with van der Waals surface area (Å²) in [4.78, 5) is 39.7. The highest BCUT2D eigenvalue weighted by Gasteiger charge is 2.49. The smallest absolute Gasteiger partial charge is 0.410 e. The molecule has 0 spiro atoms. The number of hydrogen-bond donors (Lipinski definition) is 3. The Morgan fingerprint density at radius 2 is 2.09 bits per heavy atom. The SMILES string of the molecule is CC(C)(C)OC(=O)N1CCCC(C2CC2C(=O)Nc2cc3c4c(c2)C(=O)NN=CC4CN3)C1. The summed E-state index contributed by atoms with van der Waals surface area (Å²) in [6.07, 6.45) is 4.23. The van der Waals surface area contributed by atoms with E-state index in [-0.39, 0.29) is 35.7 Å². The first-order valence-corrected chi connectivity index (χ1v) is 11.7. The molecule has 9 heteroatoms. The second-order valence-corrected chi connectivity index (χ2v) is 10.5. The molecule has 3 N–H and O–H groups in total. The van der Waals surface area contributed by atoms with Crippen LogP contribution in [0.25, 0.3) is 0 Å². The van der Waals surface area contributed by atoms with E-state index in [0.717, 1.165) is 30.5 Å². The number of piperidine rings is 1. The van der Waals surface area contributed by atoms with Crippen molar-refractivity contribution in [3.05, 3.63) is 23.3 Å². The summed E-state index contributed by atoms with van der Waals surface area (Å²) in [7, 11) is 0. The molecule has 1 saturated carbocycles. The van der Waals surface area contributed by atoms with Crippen LogP contribution in [-0.2, 0) is 9.53 Å². The molecule has 3 heterocycles. The number of benzene rings is 1. The Bertz CT molecular complexity index is 1030. The van der Waals surface area contributed by atoms with Gasteiger partial charge in [-0.2, -0.15) is 5.10 Å². The van der Waals surface area contributed by atoms with E-state index < -0.39 is 5.60 Å². The molecular formula is C24H31N5O4. The minimum absolute atomic E-state index is 0.0265. The Kier molecular flexibility index (Phi) is 5.29. The number of nitrogens with zero attached hydrogens (tertiary/aromatic N) is 2. The monoisotopic (exact) mass is 453 g/mol. The third-order valence-electron chi connectivity index (χ3n) is 6.89. The van der Waals surface area contributed by atoms with Gasteiger partial charge in [-0.3, -0.25) is 9.59 Å². The molecule has 0 radical (unpaired) electrons. The maximum Gasteiger partial charge on any atom is 0.410 e. The number of anilines is 2. The van der Waals surface area contributed by atoms with E-state index in [1.807, 2.05) is 26.8 Å². The predicted molar refractivity (Wildman–Crippen MR) is 124 cm³/mol. The molecule has 4 unspecified atom stereocenters. The molecule has 1 aromatic rings. The lowest BCUT2D eigenvalue weighted by Gasteiger charge is -2.34. The van der Waals surface area contributed by atoms with Crippen molar-refractivity contribution >= 4 is 35.5 Å². The summed E-state index contributed by atoms with van der Waals surface area (Å²) < 4.78 is 5.53. The van der Waals surface area contributed by atoms with Gasteiger partial charge in [0.15, 0.2) is 0 Å². The van der Waals surface area contributed by atoms with Crippen LogP contribution in [0.5, 0.6) is 0 Å². The molecule has 0 bridgehead atoms. The highest BCUT2D eigenvalue weighted by Crippen LogP contribution is 2.48. The molecule has 176 valence electrons. The molecule has 5 rings (SSSR count). The van der Waals surface area contributed by atoms with Gasteiger partial charge in [-0.25, -0.2) is 10.2 Å². The summed E-state index contributed by atoms with van der Waals surface area (Å²) in [5, 5.41) is 10.3. The van der Waals surface area contributed by atoms with Gasteiger partial charge in [-0.1, -0.05) is 0 Å². The lowest BCUT2D eigenvalue weighted by Crippen LogP contribution is -2.43. The molecule has 3 amide bonds. The Morgan fingerprint density at radius 1 is 1.27 bits per heavy atom. The number of rotatable bonds is 3. The number of carbonyl (C=O) groups is 3. The molecule has 33 heavy (non-hydrogen) atoms. The maximum absolute atomic E-state index is 13.0. The van der Waals surface area contributed by atoms with Crippen LogP contribution in [0.2, 0.25) is 0 Å². The number of ether oxygens (including phenoxy) is 1. The van der Waals surface area contributed by atoms with E-state index in [2.05, 4.69) is 21.2 Å². The first-order valence-electron chi connectivity index (χ1n) is 11.7. The van der Waals surface area contributed by atoms with Gasteiger partial charge in [-0.15, -0.1) is 0 Å². The van der Waals surface area contributed by atoms with Crippen molar-refractivity contribution in [1.82, 2.24) is 10.3 Å². The first kappa shape index (κ1) is 21.7. The zero-order valence-electron chi connectivity index (χ0n) is 19.3. The molecule has 4 aliphatic rings. The Hall–Kier alpha value is -3.10. The lowest BCUT2D eigenvalue weighted by atomic mass is 9.92. The van der Waals surface area contributed by atoms with Gasteiger partial charge in [0.25, 0.3) is 5.91 Å². The topological polar surface area (TPSA) is 112 Å². The van der Waals surface area contributed by atoms with E-state index in [4.69, 9.17) is 4.74 Å². The van der Waals surface area contributed by atoms with Crippen LogP contribution in [0.4, 0.5) is 16.2 Å². The third kappa shape index (κ3) is 4.41. The molecule has 4 atom stereocenters. The van der Waals surface area contributed by atoms with Crippen LogP contribution in [0.3, 0.4) is 0 Å². The van der Waals surface area contributed by atoms with Gasteiger partial charge >= 0.3 is 6.09 Å². The number of nitrogens with one attached hydrogen (secondary N) is 3. The van der Waals surface area contributed by atoms with Gasteiger partial charge in [0.2, 0.25) is 5.91 Å². The fourth-order valence-electron chi connectivity index (χ4n) is 5.28. The predicted octanol–water partition coefficient (Wildman–Crippen LogP) is 3.15. The average Bonchev–Trinajstić information content (AvgIpc) is 3.49. The molecule has 1 aliphatic carbocycles. The van der Waals surface area contributed by atoms with E-state index in [1.54, 1.807) is 17.2 Å². The van der Waals surface area contributed by atoms with Crippen molar-refractivity contribution < 1.29 is 19.1 Å². The van der Waals surface area contributed by atoms with Crippen molar-refractivity contribution in [1.29, 1.82) is 0 Å². The van der Waals surface area contributed by atoms with Crippen LogP contribution >= 0.6 is 0 Å². The van der Waals surface area contributed by atoms with Crippen molar-refractivity contribution in [3.63, 3.8) is 0 Å². The van der Waals surface area contributed by atoms with E-state index >= 15 is 0 Å². The Balaban J connectivity index is 1.22. The maximum atomic E-state index is 13.0. The third-order valence-corrected chi connectivity index (χ3v) is 6.89. The Morgan fingerprint density at radius 3 is 2.88 bits per heavy atom. The standard InChI is InChI=1S/C24H31N5O4/c1-24(2,3)33-23(32)29-6-4-5-13(12-29)16-9-17(16)21(30)27-15-7-18-20-14(10-25-19(20)8-15)11-26-28-22(18)31/h7-8,11,13-14,16-17,25H,4-6,9-10,12H2,1-3H3,(H,27,30)(H,28,31). The van der Waals surface area contributed by atoms with Gasteiger partial charge in [0.1, 0.15) is 5.60 Å². The fourth-order valence-corrected chi connectivity index (χ4v) is 5.28. The zero-order valence-corrected chi connectivity index (χ0v) is 19.3. The second-order valence-electron chi connectivity index (χ2n) is 10.5. The van der Waals surface area contributed by atoms with Crippen molar-refractivity contribution in [2.24, 2.45) is 22.9 Å². The number of hydrogen-bond acceptors (Lipinski definition) is 6. The van der Waals surface area contributed by atoms with E-state index in [9.17, 15) is 14.4 Å². The second kappa shape index (κ2) is 8.04. The first-order chi connectivity index (χ1) is 15.7. The normalized spacial score (nSPS) is 27.7. The summed E-state index contributed by atoms with van der Waals surface area (Å²) in [6, 6.07) is 3.63. The molecule has 9 nitrogen and oxygen atoms in total. The zero-order chi connectivity index (χ0) is 23.3. The van der Waals surface area contributed by atoms with Crippen LogP contribution in [0.15, 0.2) is 17.2 Å². The number of amides is 3. The van der Waals surface area contributed by atoms with Gasteiger partial charge < -0.3 is 20.3 Å². The number of carbonyl (C=O) groups excluding carboxylic acids is 3. The summed E-state index contributed by atoms with van der Waals surface area (Å²) in [5.74, 6) is 0.256. The Labute approximate surface area is 193 Å². The fraction of sp³-hybridized carbons (Fsp3) is 0.583. The van der Waals surface area contributed by atoms with Gasteiger partial charge in [-0.05, 0) is 69.6 Å². The quantitative estimate of drug-likeness (QED) is 0.651. The molecular weight excluding hydrogens is 422 g/mol. The van der Waals surface area contributed by atoms with E-state index in [1.165, 1.54) is 0 Å². The number of likely N-dealkylation sites (tertiary alicyclic amines) is 1. The molecule has 1 aromatic carbocycles. The van der Waals surface area contributed by atoms with Crippen molar-refractivity contribution in [3.8, 4) is 0 Å². The summed E-state index contributed by atoms with van der Waals surface area (Å²) in [6.45, 7) is 7.63. The van der Waals surface area contributed by atoms with Gasteiger partial charge in [0.05, 0.1) is 0 Å². The minimum atomic E-state index is -0.516. The van der Waals surface area contributed by atoms with Crippen LogP contribution < -0.4 is 16.1 Å². The van der Waals surface area contributed by atoms with Crippen molar-refractivity contribution in [2.75, 3.05) is 30.3 Å². The van der Waals surface area contributed by atoms with Crippen molar-refractivity contribution in [2.45, 2.75) is 51.6 Å². The lowest BCUT2D eigenvalue weighted by molar-refractivity contribution is -0.117. The molecule has 3 aliphatic heterocycles. The molecule has 2 fully saturated rings. The summed E-state index contributed by atoms with van der Waals surface area (Å²) in [5.41, 5.74) is 4.97. The molecule has 0 aromatic heterocycles. The molecule has 1 saturated heterocycles. The highest BCUT2D eigenvalue weighted by atomic mass is 16.6. The number of hydrazone groups is 1. The highest BCUT2D eigenvalue weighted by molar-refractivity contribution is 6.04. The minimum Gasteiger partial charge on any atom is -0.444 e. The van der Waals surface area contributed by atoms with Gasteiger partial charge in [0, 0.05) is 54.6 Å². The largest absolute Gasteiger partial charge is 0.444 e. The van der Waals surface area contributed by atoms with Crippen LogP contribution in [0.1, 0.15) is 61.9 Å². The van der Waals surface area contributed by atoms with Crippen LogP contribution in [0, 0.1) is 17.8 Å². The summed E-state index contributed by atoms with van der Waals surface area (Å²) >= 11 is 0. The average molecular weight is 454 g/mol.